The molecule has 0 saturated heterocycles. The van der Waals surface area contributed by atoms with Gasteiger partial charge in [0, 0.05) is 21.2 Å². The van der Waals surface area contributed by atoms with Crippen molar-refractivity contribution in [3.8, 4) is 51.0 Å². The number of sulfone groups is 1. The zero-order chi connectivity index (χ0) is 25.0. The van der Waals surface area contributed by atoms with Crippen LogP contribution in [0.5, 0.6) is 5.75 Å². The molecule has 0 fully saturated rings. The van der Waals surface area contributed by atoms with Crippen LogP contribution < -0.4 is 0 Å². The van der Waals surface area contributed by atoms with Crippen molar-refractivity contribution < 1.29 is 31.1 Å². The van der Waals surface area contributed by atoms with E-state index in [1.54, 1.807) is 18.2 Å². The van der Waals surface area contributed by atoms with Crippen LogP contribution in [0.4, 0.5) is 13.2 Å². The van der Waals surface area contributed by atoms with Gasteiger partial charge in [0.15, 0.2) is 5.76 Å². The first kappa shape index (κ1) is 23.4. The van der Waals surface area contributed by atoms with E-state index in [-0.39, 0.29) is 21.7 Å². The van der Waals surface area contributed by atoms with Gasteiger partial charge in [-0.1, -0.05) is 18.2 Å². The Morgan fingerprint density at radius 2 is 1.69 bits per heavy atom. The summed E-state index contributed by atoms with van der Waals surface area (Å²) in [7, 11) is -5.54. The fraction of sp³-hybridized carbons (Fsp3) is 0.0476. The van der Waals surface area contributed by atoms with Gasteiger partial charge in [0.05, 0.1) is 16.6 Å². The number of halogens is 4. The topological polar surface area (TPSA) is 119 Å². The molecule has 5 rings (SSSR count). The van der Waals surface area contributed by atoms with E-state index in [1.165, 1.54) is 30.5 Å². The van der Waals surface area contributed by atoms with Gasteiger partial charge in [-0.3, -0.25) is 0 Å². The fourth-order valence-electron chi connectivity index (χ4n) is 3.37. The Kier molecular flexibility index (Phi) is 5.61. The number of aromatic nitrogens is 4. The number of alkyl halides is 3. The van der Waals surface area contributed by atoms with Crippen molar-refractivity contribution in [3.63, 3.8) is 0 Å². The van der Waals surface area contributed by atoms with E-state index in [4.69, 9.17) is 4.42 Å². The lowest BCUT2D eigenvalue weighted by atomic mass is 10.0. The second-order valence-corrected chi connectivity index (χ2v) is 10.5. The second kappa shape index (κ2) is 8.39. The van der Waals surface area contributed by atoms with Crippen molar-refractivity contribution in [2.45, 2.75) is 10.4 Å². The zero-order valence-electron chi connectivity index (χ0n) is 17.0. The number of nitrogens with zero attached hydrogens (tertiary/aromatic N) is 4. The number of rotatable bonds is 4. The van der Waals surface area contributed by atoms with E-state index >= 15 is 0 Å². The third kappa shape index (κ3) is 4.06. The van der Waals surface area contributed by atoms with Gasteiger partial charge in [-0.05, 0) is 46.3 Å². The molecule has 0 amide bonds. The monoisotopic (exact) mass is 582 g/mol. The Morgan fingerprint density at radius 3 is 2.40 bits per heavy atom. The molecule has 0 aliphatic carbocycles. The highest BCUT2D eigenvalue weighted by molar-refractivity contribution is 9.10. The van der Waals surface area contributed by atoms with Crippen LogP contribution in [0.3, 0.4) is 0 Å². The van der Waals surface area contributed by atoms with Crippen LogP contribution >= 0.6 is 27.7 Å². The summed E-state index contributed by atoms with van der Waals surface area (Å²) >= 11 is 3.77. The Morgan fingerprint density at radius 1 is 0.943 bits per heavy atom. The van der Waals surface area contributed by atoms with Crippen molar-refractivity contribution in [1.29, 1.82) is 0 Å². The number of hydrogen-bond donors (Lipinski definition) is 1. The van der Waals surface area contributed by atoms with Gasteiger partial charge in [0.2, 0.25) is 0 Å². The van der Waals surface area contributed by atoms with Crippen molar-refractivity contribution in [2.75, 3.05) is 0 Å². The summed E-state index contributed by atoms with van der Waals surface area (Å²) in [4.78, 5) is -0.908. The maximum atomic E-state index is 13.0. The molecular weight excluding hydrogens is 573 g/mol. The minimum atomic E-state index is -5.54. The Bertz CT molecular complexity index is 1650. The molecule has 1 aromatic heterocycles. The van der Waals surface area contributed by atoms with Gasteiger partial charge in [-0.2, -0.15) is 21.9 Å². The molecule has 0 saturated carbocycles. The maximum absolute atomic E-state index is 13.0. The van der Waals surface area contributed by atoms with Crippen molar-refractivity contribution >= 4 is 37.5 Å². The molecule has 2 aromatic carbocycles. The first-order valence-electron chi connectivity index (χ1n) is 9.55. The largest absolute Gasteiger partial charge is 0.508 e. The lowest BCUT2D eigenvalue weighted by molar-refractivity contribution is -0.0436. The van der Waals surface area contributed by atoms with E-state index in [2.05, 4.69) is 34.9 Å². The molecule has 178 valence electrons. The summed E-state index contributed by atoms with van der Waals surface area (Å²) < 4.78 is 76.4. The minimum absolute atomic E-state index is 0.0621. The van der Waals surface area contributed by atoms with Crippen LogP contribution in [-0.2, 0) is 9.84 Å². The van der Waals surface area contributed by atoms with E-state index in [0.717, 1.165) is 17.8 Å². The summed E-state index contributed by atoms with van der Waals surface area (Å²) in [6.45, 7) is 0. The molecule has 0 atom stereocenters. The lowest BCUT2D eigenvalue weighted by Gasteiger charge is -2.11. The SMILES string of the molecule is O=S(=O)(c1ccc(-c2nsnc2-c2cc3c(-c4cccc(O)c4)nnc-3co2)cc1Br)C(F)(F)F. The number of benzene rings is 2. The Labute approximate surface area is 207 Å². The van der Waals surface area contributed by atoms with E-state index < -0.39 is 20.2 Å². The van der Waals surface area contributed by atoms with Crippen molar-refractivity contribution in [3.05, 3.63) is 59.3 Å². The van der Waals surface area contributed by atoms with Crippen LogP contribution in [0.25, 0.3) is 45.2 Å². The summed E-state index contributed by atoms with van der Waals surface area (Å²) in [5.41, 5.74) is -2.34. The van der Waals surface area contributed by atoms with Crippen molar-refractivity contribution in [1.82, 2.24) is 18.9 Å². The summed E-state index contributed by atoms with van der Waals surface area (Å²) in [6, 6.07) is 11.4. The number of aromatic hydroxyl groups is 1. The molecule has 3 heterocycles. The van der Waals surface area contributed by atoms with Crippen LogP contribution in [0.15, 0.2) is 68.6 Å². The van der Waals surface area contributed by atoms with Gasteiger partial charge < -0.3 is 9.52 Å². The predicted molar refractivity (Wildman–Crippen MR) is 123 cm³/mol. The molecule has 2 aliphatic heterocycles. The third-order valence-electron chi connectivity index (χ3n) is 5.00. The summed E-state index contributed by atoms with van der Waals surface area (Å²) in [5.74, 6) is 0.340. The van der Waals surface area contributed by atoms with Crippen LogP contribution in [0, 0.1) is 0 Å². The second-order valence-electron chi connectivity index (χ2n) is 7.20. The van der Waals surface area contributed by atoms with E-state index in [1.807, 2.05) is 0 Å². The van der Waals surface area contributed by atoms with E-state index in [9.17, 15) is 26.7 Å². The highest BCUT2D eigenvalue weighted by Crippen LogP contribution is 2.40. The molecule has 0 radical (unpaired) electrons. The number of fused-ring (bicyclic) bond motifs is 1. The molecule has 2 aliphatic rings. The quantitative estimate of drug-likeness (QED) is 0.283. The average Bonchev–Trinajstić information content (AvgIpc) is 3.45. The first-order valence-corrected chi connectivity index (χ1v) is 12.6. The fourth-order valence-corrected chi connectivity index (χ4v) is 5.77. The normalized spacial score (nSPS) is 12.3. The standard InChI is InChI=1S/C21H10BrF3N4O4S2/c22-14-7-11(4-5-17(14)35(31,32)21(23,24)25)19-20(29-34-28-19)16-8-13-15(9-33-16)26-27-18(13)10-2-1-3-12(30)6-10/h1-9,30H. The molecule has 3 aromatic rings. The van der Waals surface area contributed by atoms with E-state index in [0.29, 0.717) is 33.8 Å². The van der Waals surface area contributed by atoms with Crippen molar-refractivity contribution in [2.24, 2.45) is 0 Å². The van der Waals surface area contributed by atoms with Gasteiger partial charge >= 0.3 is 5.51 Å². The van der Waals surface area contributed by atoms with Gasteiger partial charge in [0.1, 0.15) is 34.8 Å². The Hall–Kier alpha value is -3.36. The number of hydrogen-bond acceptors (Lipinski definition) is 9. The average molecular weight is 583 g/mol. The highest BCUT2D eigenvalue weighted by atomic mass is 79.9. The third-order valence-corrected chi connectivity index (χ3v) is 7.99. The molecule has 0 unspecified atom stereocenters. The lowest BCUT2D eigenvalue weighted by Crippen LogP contribution is -2.23. The zero-order valence-corrected chi connectivity index (χ0v) is 20.2. The highest BCUT2D eigenvalue weighted by Gasteiger charge is 2.47. The molecule has 14 heteroatoms. The molecule has 1 N–H and O–H groups in total. The van der Waals surface area contributed by atoms with Gasteiger partial charge in [-0.15, -0.1) is 10.2 Å². The number of phenolic OH excluding ortho intramolecular Hbond substituents is 1. The molecular formula is C21H10BrF3N4O4S2. The molecule has 0 bridgehead atoms. The predicted octanol–water partition coefficient (Wildman–Crippen LogP) is 5.79. The number of phenols is 1. The van der Waals surface area contributed by atoms with Crippen LogP contribution in [0.1, 0.15) is 0 Å². The molecule has 8 nitrogen and oxygen atoms in total. The van der Waals surface area contributed by atoms with Crippen LogP contribution in [-0.4, -0.2) is 38.0 Å². The smallest absolute Gasteiger partial charge is 0.501 e. The summed E-state index contributed by atoms with van der Waals surface area (Å²) in [6.07, 6.45) is 1.38. The molecule has 0 spiro atoms. The first-order chi connectivity index (χ1) is 16.6. The maximum Gasteiger partial charge on any atom is 0.501 e. The minimum Gasteiger partial charge on any atom is -0.508 e. The summed E-state index contributed by atoms with van der Waals surface area (Å²) in [5, 5.41) is 18.0. The van der Waals surface area contributed by atoms with Gasteiger partial charge in [0.25, 0.3) is 9.84 Å². The van der Waals surface area contributed by atoms with Crippen LogP contribution in [0.2, 0.25) is 0 Å². The van der Waals surface area contributed by atoms with Gasteiger partial charge in [-0.25, -0.2) is 8.42 Å². The molecule has 35 heavy (non-hydrogen) atoms. The Balaban J connectivity index is 1.58.